The molecule has 0 spiro atoms. The molecule has 0 radical (unpaired) electrons. The molecule has 0 saturated carbocycles. The van der Waals surface area contributed by atoms with Gasteiger partial charge in [0.15, 0.2) is 11.5 Å². The molecule has 2 rings (SSSR count). The maximum absolute atomic E-state index is 12.2. The third-order valence-electron chi connectivity index (χ3n) is 2.27. The summed E-state index contributed by atoms with van der Waals surface area (Å²) in [6.45, 7) is 1.34. The van der Waals surface area contributed by atoms with Gasteiger partial charge in [0.2, 0.25) is 0 Å². The number of alkyl halides is 2. The summed E-state index contributed by atoms with van der Waals surface area (Å²) in [4.78, 5) is 0. The number of ether oxygens (including phenoxy) is 2. The molecule has 0 bridgehead atoms. The molecule has 5 heteroatoms. The highest BCUT2D eigenvalue weighted by Gasteiger charge is 2.21. The maximum Gasteiger partial charge on any atom is 0.387 e. The summed E-state index contributed by atoms with van der Waals surface area (Å²) in [7, 11) is 0. The second kappa shape index (κ2) is 4.29. The second-order valence-corrected chi connectivity index (χ2v) is 3.80. The average Bonchev–Trinajstić information content (AvgIpc) is 2.18. The van der Waals surface area contributed by atoms with Gasteiger partial charge in [-0.1, -0.05) is 18.2 Å². The quantitative estimate of drug-likeness (QED) is 0.792. The van der Waals surface area contributed by atoms with Gasteiger partial charge in [0, 0.05) is 23.1 Å². The highest BCUT2D eigenvalue weighted by atomic mass is 35.5. The minimum Gasteiger partial charge on any atom is -0.489 e. The van der Waals surface area contributed by atoms with E-state index in [2.05, 4.69) is 11.3 Å². The Kier molecular flexibility index (Phi) is 3.01. The maximum atomic E-state index is 12.2. The van der Waals surface area contributed by atoms with Crippen molar-refractivity contribution in [1.29, 1.82) is 0 Å². The van der Waals surface area contributed by atoms with Crippen molar-refractivity contribution in [2.75, 3.05) is 6.61 Å². The monoisotopic (exact) mass is 246 g/mol. The van der Waals surface area contributed by atoms with Crippen LogP contribution in [0, 0.1) is 0 Å². The van der Waals surface area contributed by atoms with Gasteiger partial charge in [-0.05, 0) is 11.6 Å². The van der Waals surface area contributed by atoms with E-state index in [1.54, 1.807) is 6.07 Å². The van der Waals surface area contributed by atoms with Gasteiger partial charge in [-0.25, -0.2) is 0 Å². The molecule has 0 atom stereocenters. The molecule has 0 saturated heterocycles. The Morgan fingerprint density at radius 1 is 1.44 bits per heavy atom. The van der Waals surface area contributed by atoms with Crippen molar-refractivity contribution in [2.24, 2.45) is 0 Å². The van der Waals surface area contributed by atoms with Crippen LogP contribution in [-0.2, 0) is 0 Å². The lowest BCUT2D eigenvalue weighted by Crippen LogP contribution is -2.11. The zero-order chi connectivity index (χ0) is 11.7. The lowest BCUT2D eigenvalue weighted by atomic mass is 10.0. The molecule has 0 amide bonds. The van der Waals surface area contributed by atoms with Crippen LogP contribution in [0.4, 0.5) is 8.78 Å². The van der Waals surface area contributed by atoms with E-state index in [-0.39, 0.29) is 5.75 Å². The second-order valence-electron chi connectivity index (χ2n) is 3.36. The van der Waals surface area contributed by atoms with Crippen molar-refractivity contribution < 1.29 is 18.3 Å². The third-order valence-corrected chi connectivity index (χ3v) is 2.49. The molecule has 1 aromatic rings. The van der Waals surface area contributed by atoms with E-state index in [0.717, 1.165) is 5.57 Å². The van der Waals surface area contributed by atoms with Gasteiger partial charge < -0.3 is 9.47 Å². The van der Waals surface area contributed by atoms with Crippen molar-refractivity contribution >= 4 is 17.2 Å². The van der Waals surface area contributed by atoms with E-state index < -0.39 is 6.61 Å². The molecule has 0 aromatic heterocycles. The van der Waals surface area contributed by atoms with Crippen LogP contribution >= 0.6 is 11.6 Å². The number of fused-ring (bicyclic) bond motifs is 1. The van der Waals surface area contributed by atoms with Crippen molar-refractivity contribution in [3.63, 3.8) is 0 Å². The number of benzene rings is 1. The van der Waals surface area contributed by atoms with Gasteiger partial charge in [0.25, 0.3) is 0 Å². The Labute approximate surface area is 96.4 Å². The standard InChI is InChI=1S/C11H9ClF2O2/c1-6-2-3-15-10-8(6)4-7(12)5-9(10)16-11(13)14/h4-5,11H,1-3H2. The van der Waals surface area contributed by atoms with Crippen LogP contribution in [0.3, 0.4) is 0 Å². The van der Waals surface area contributed by atoms with Crippen LogP contribution < -0.4 is 9.47 Å². The smallest absolute Gasteiger partial charge is 0.387 e. The lowest BCUT2D eigenvalue weighted by molar-refractivity contribution is -0.0515. The summed E-state index contributed by atoms with van der Waals surface area (Å²) in [5.41, 5.74) is 1.44. The van der Waals surface area contributed by atoms with Gasteiger partial charge >= 0.3 is 6.61 Å². The molecule has 1 heterocycles. The predicted molar refractivity (Wildman–Crippen MR) is 57.2 cm³/mol. The van der Waals surface area contributed by atoms with Gasteiger partial charge in [-0.2, -0.15) is 8.78 Å². The fraction of sp³-hybridized carbons (Fsp3) is 0.273. The van der Waals surface area contributed by atoms with Gasteiger partial charge in [0.1, 0.15) is 0 Å². The summed E-state index contributed by atoms with van der Waals surface area (Å²) >= 11 is 5.81. The first-order chi connectivity index (χ1) is 7.58. The molecule has 2 nitrogen and oxygen atoms in total. The summed E-state index contributed by atoms with van der Waals surface area (Å²) in [5, 5.41) is 0.320. The van der Waals surface area contributed by atoms with Crippen molar-refractivity contribution in [3.8, 4) is 11.5 Å². The van der Waals surface area contributed by atoms with E-state index in [9.17, 15) is 8.78 Å². The Morgan fingerprint density at radius 2 is 2.19 bits per heavy atom. The minimum absolute atomic E-state index is 0.0432. The first-order valence-electron chi connectivity index (χ1n) is 4.67. The minimum atomic E-state index is -2.90. The van der Waals surface area contributed by atoms with Crippen LogP contribution in [0.5, 0.6) is 11.5 Å². The number of rotatable bonds is 2. The van der Waals surface area contributed by atoms with E-state index in [0.29, 0.717) is 29.4 Å². The molecule has 16 heavy (non-hydrogen) atoms. The topological polar surface area (TPSA) is 18.5 Å². The van der Waals surface area contributed by atoms with Gasteiger partial charge in [-0.15, -0.1) is 0 Å². The largest absolute Gasteiger partial charge is 0.489 e. The van der Waals surface area contributed by atoms with E-state index in [4.69, 9.17) is 16.3 Å². The molecule has 0 fully saturated rings. The SMILES string of the molecule is C=C1CCOc2c(OC(F)F)cc(Cl)cc21. The first-order valence-corrected chi connectivity index (χ1v) is 5.05. The first kappa shape index (κ1) is 11.2. The molecule has 1 aromatic carbocycles. The molecule has 1 aliphatic heterocycles. The van der Waals surface area contributed by atoms with Crippen LogP contribution in [0.2, 0.25) is 5.02 Å². The molecule has 0 N–H and O–H groups in total. The van der Waals surface area contributed by atoms with E-state index in [1.165, 1.54) is 6.07 Å². The van der Waals surface area contributed by atoms with Gasteiger partial charge in [0.05, 0.1) is 6.61 Å². The van der Waals surface area contributed by atoms with Crippen LogP contribution in [0.25, 0.3) is 5.57 Å². The van der Waals surface area contributed by atoms with Crippen LogP contribution in [-0.4, -0.2) is 13.2 Å². The summed E-state index contributed by atoms with van der Waals surface area (Å²) < 4.78 is 34.0. The van der Waals surface area contributed by atoms with Gasteiger partial charge in [-0.3, -0.25) is 0 Å². The van der Waals surface area contributed by atoms with Crippen molar-refractivity contribution in [1.82, 2.24) is 0 Å². The summed E-state index contributed by atoms with van der Waals surface area (Å²) in [5.74, 6) is 0.249. The zero-order valence-electron chi connectivity index (χ0n) is 8.30. The number of halogens is 3. The van der Waals surface area contributed by atoms with Crippen molar-refractivity contribution in [2.45, 2.75) is 13.0 Å². The fourth-order valence-corrected chi connectivity index (χ4v) is 1.78. The zero-order valence-corrected chi connectivity index (χ0v) is 9.06. The molecule has 1 aliphatic rings. The van der Waals surface area contributed by atoms with Crippen LogP contribution in [0.15, 0.2) is 18.7 Å². The van der Waals surface area contributed by atoms with E-state index in [1.807, 2.05) is 0 Å². The Balaban J connectivity index is 2.48. The Hall–Kier alpha value is -1.29. The van der Waals surface area contributed by atoms with Crippen molar-refractivity contribution in [3.05, 3.63) is 29.3 Å². The normalized spacial score (nSPS) is 14.6. The average molecular weight is 247 g/mol. The molecule has 0 unspecified atom stereocenters. The summed E-state index contributed by atoms with van der Waals surface area (Å²) in [6, 6.07) is 2.95. The molecular weight excluding hydrogens is 238 g/mol. The summed E-state index contributed by atoms with van der Waals surface area (Å²) in [6.07, 6.45) is 0.654. The molecule has 0 aliphatic carbocycles. The van der Waals surface area contributed by atoms with E-state index >= 15 is 0 Å². The third kappa shape index (κ3) is 2.11. The fourth-order valence-electron chi connectivity index (χ4n) is 1.57. The predicted octanol–water partition coefficient (Wildman–Crippen LogP) is 3.74. The Morgan fingerprint density at radius 3 is 2.88 bits per heavy atom. The highest BCUT2D eigenvalue weighted by molar-refractivity contribution is 6.31. The lowest BCUT2D eigenvalue weighted by Gasteiger charge is -2.22. The number of hydrogen-bond acceptors (Lipinski definition) is 2. The van der Waals surface area contributed by atoms with Crippen LogP contribution in [0.1, 0.15) is 12.0 Å². The Bertz CT molecular complexity index is 432. The highest BCUT2D eigenvalue weighted by Crippen LogP contribution is 2.42. The molecule has 86 valence electrons. The molecular formula is C11H9ClF2O2. The number of hydrogen-bond donors (Lipinski definition) is 0.